The van der Waals surface area contributed by atoms with Crippen molar-refractivity contribution in [3.8, 4) is 5.82 Å². The Balaban J connectivity index is 2.04. The van der Waals surface area contributed by atoms with Crippen molar-refractivity contribution >= 4 is 11.5 Å². The second kappa shape index (κ2) is 6.68. The number of benzene rings is 1. The van der Waals surface area contributed by atoms with Gasteiger partial charge in [-0.05, 0) is 32.4 Å². The van der Waals surface area contributed by atoms with Crippen LogP contribution >= 0.6 is 0 Å². The number of nitrogens with one attached hydrogen (secondary N) is 1. The Labute approximate surface area is 144 Å². The van der Waals surface area contributed by atoms with Crippen molar-refractivity contribution in [2.45, 2.75) is 26.8 Å². The minimum atomic E-state index is -0.480. The number of aromatic nitrogens is 4. The monoisotopic (exact) mass is 338 g/mol. The summed E-state index contributed by atoms with van der Waals surface area (Å²) in [7, 11) is 0. The maximum Gasteiger partial charge on any atom is 0.355 e. The molecule has 0 amide bonds. The van der Waals surface area contributed by atoms with Crippen molar-refractivity contribution in [3.05, 3.63) is 69.8 Å². The molecule has 0 saturated carbocycles. The first-order chi connectivity index (χ1) is 12.0. The molecule has 2 heterocycles. The summed E-state index contributed by atoms with van der Waals surface area (Å²) in [6.45, 7) is 5.57. The number of nitro groups is 1. The van der Waals surface area contributed by atoms with Crippen LogP contribution < -0.4 is 5.32 Å². The van der Waals surface area contributed by atoms with Gasteiger partial charge in [0, 0.05) is 5.69 Å². The van der Waals surface area contributed by atoms with E-state index in [0.717, 1.165) is 17.0 Å². The van der Waals surface area contributed by atoms with Crippen molar-refractivity contribution in [1.82, 2.24) is 19.7 Å². The molecule has 0 aliphatic heterocycles. The van der Waals surface area contributed by atoms with Crippen LogP contribution in [0.4, 0.5) is 11.5 Å². The lowest BCUT2D eigenvalue weighted by atomic mass is 10.1. The highest BCUT2D eigenvalue weighted by molar-refractivity contribution is 5.64. The van der Waals surface area contributed by atoms with E-state index >= 15 is 0 Å². The Hall–Kier alpha value is -3.29. The molecule has 0 aliphatic rings. The van der Waals surface area contributed by atoms with Crippen LogP contribution in [0.25, 0.3) is 5.82 Å². The topological polar surface area (TPSA) is 98.8 Å². The Morgan fingerprint density at radius 2 is 1.92 bits per heavy atom. The fourth-order valence-corrected chi connectivity index (χ4v) is 2.67. The zero-order chi connectivity index (χ0) is 18.0. The van der Waals surface area contributed by atoms with E-state index in [1.807, 2.05) is 57.2 Å². The van der Waals surface area contributed by atoms with Crippen molar-refractivity contribution in [2.24, 2.45) is 0 Å². The van der Waals surface area contributed by atoms with Gasteiger partial charge in [-0.3, -0.25) is 10.1 Å². The van der Waals surface area contributed by atoms with E-state index < -0.39 is 4.92 Å². The Morgan fingerprint density at radius 1 is 1.20 bits per heavy atom. The minimum absolute atomic E-state index is 0.147. The SMILES string of the molecule is Cc1cc(C)n(-c2ncnc(NC(C)c3ccccc3)c2[N+](=O)[O-])n1. The molecule has 0 fully saturated rings. The molecule has 0 radical (unpaired) electrons. The van der Waals surface area contributed by atoms with E-state index in [0.29, 0.717) is 0 Å². The van der Waals surface area contributed by atoms with Crippen molar-refractivity contribution < 1.29 is 4.92 Å². The summed E-state index contributed by atoms with van der Waals surface area (Å²) < 4.78 is 1.47. The van der Waals surface area contributed by atoms with Crippen LogP contribution in [0.3, 0.4) is 0 Å². The lowest BCUT2D eigenvalue weighted by Crippen LogP contribution is -2.13. The molecule has 1 N–H and O–H groups in total. The van der Waals surface area contributed by atoms with Gasteiger partial charge in [-0.25, -0.2) is 14.6 Å². The molecule has 0 aliphatic carbocycles. The van der Waals surface area contributed by atoms with Crippen LogP contribution in [0.2, 0.25) is 0 Å². The normalized spacial score (nSPS) is 12.0. The van der Waals surface area contributed by atoms with Gasteiger partial charge in [-0.15, -0.1) is 0 Å². The molecule has 1 atom stereocenters. The van der Waals surface area contributed by atoms with Gasteiger partial charge in [0.05, 0.1) is 16.7 Å². The van der Waals surface area contributed by atoms with Gasteiger partial charge in [0.1, 0.15) is 6.33 Å². The largest absolute Gasteiger partial charge is 0.358 e. The molecule has 0 saturated heterocycles. The van der Waals surface area contributed by atoms with Gasteiger partial charge in [-0.1, -0.05) is 30.3 Å². The highest BCUT2D eigenvalue weighted by atomic mass is 16.6. The number of hydrogen-bond acceptors (Lipinski definition) is 6. The van der Waals surface area contributed by atoms with Crippen molar-refractivity contribution in [3.63, 3.8) is 0 Å². The third kappa shape index (κ3) is 3.32. The molecular weight excluding hydrogens is 320 g/mol. The summed E-state index contributed by atoms with van der Waals surface area (Å²) in [6.07, 6.45) is 1.30. The van der Waals surface area contributed by atoms with Gasteiger partial charge >= 0.3 is 5.69 Å². The van der Waals surface area contributed by atoms with E-state index in [4.69, 9.17) is 0 Å². The Morgan fingerprint density at radius 3 is 2.52 bits per heavy atom. The molecule has 25 heavy (non-hydrogen) atoms. The zero-order valence-corrected chi connectivity index (χ0v) is 14.2. The number of rotatable bonds is 5. The van der Waals surface area contributed by atoms with Crippen LogP contribution in [0, 0.1) is 24.0 Å². The zero-order valence-electron chi connectivity index (χ0n) is 14.2. The summed E-state index contributed by atoms with van der Waals surface area (Å²) in [5.74, 6) is 0.312. The van der Waals surface area contributed by atoms with Crippen LogP contribution in [-0.4, -0.2) is 24.7 Å². The molecule has 8 heteroatoms. The molecule has 2 aromatic heterocycles. The highest BCUT2D eigenvalue weighted by Gasteiger charge is 2.26. The smallest absolute Gasteiger partial charge is 0.355 e. The highest BCUT2D eigenvalue weighted by Crippen LogP contribution is 2.30. The number of hydrogen-bond donors (Lipinski definition) is 1. The van der Waals surface area contributed by atoms with Crippen molar-refractivity contribution in [1.29, 1.82) is 0 Å². The van der Waals surface area contributed by atoms with Gasteiger partial charge in [0.25, 0.3) is 0 Å². The van der Waals surface area contributed by atoms with E-state index in [1.54, 1.807) is 0 Å². The molecule has 0 spiro atoms. The fraction of sp³-hybridized carbons (Fsp3) is 0.235. The first kappa shape index (κ1) is 16.6. The molecule has 3 aromatic rings. The number of nitrogens with zero attached hydrogens (tertiary/aromatic N) is 5. The van der Waals surface area contributed by atoms with E-state index in [-0.39, 0.29) is 23.4 Å². The lowest BCUT2D eigenvalue weighted by molar-refractivity contribution is -0.384. The summed E-state index contributed by atoms with van der Waals surface area (Å²) in [5, 5.41) is 19.1. The predicted octanol–water partition coefficient (Wildman–Crippen LogP) is 3.36. The summed E-state index contributed by atoms with van der Waals surface area (Å²) in [4.78, 5) is 19.4. The Kier molecular flexibility index (Phi) is 4.42. The molecule has 1 aromatic carbocycles. The van der Waals surface area contributed by atoms with Gasteiger partial charge < -0.3 is 5.32 Å². The van der Waals surface area contributed by atoms with Crippen LogP contribution in [0.15, 0.2) is 42.7 Å². The number of aryl methyl sites for hydroxylation is 2. The molecule has 0 bridgehead atoms. The van der Waals surface area contributed by atoms with Crippen molar-refractivity contribution in [2.75, 3.05) is 5.32 Å². The summed E-state index contributed by atoms with van der Waals surface area (Å²) >= 11 is 0. The molecular formula is C17H18N6O2. The first-order valence-corrected chi connectivity index (χ1v) is 7.82. The third-order valence-corrected chi connectivity index (χ3v) is 3.85. The maximum atomic E-state index is 11.7. The quantitative estimate of drug-likeness (QED) is 0.566. The summed E-state index contributed by atoms with van der Waals surface area (Å²) in [5.41, 5.74) is 2.33. The third-order valence-electron chi connectivity index (χ3n) is 3.85. The molecule has 3 rings (SSSR count). The lowest BCUT2D eigenvalue weighted by Gasteiger charge is -2.15. The van der Waals surface area contributed by atoms with Crippen LogP contribution in [-0.2, 0) is 0 Å². The van der Waals surface area contributed by atoms with E-state index in [9.17, 15) is 10.1 Å². The fourth-order valence-electron chi connectivity index (χ4n) is 2.67. The second-order valence-corrected chi connectivity index (χ2v) is 5.77. The first-order valence-electron chi connectivity index (χ1n) is 7.82. The molecule has 1 unspecified atom stereocenters. The van der Waals surface area contributed by atoms with E-state index in [2.05, 4.69) is 20.4 Å². The average Bonchev–Trinajstić information content (AvgIpc) is 2.93. The molecule has 128 valence electrons. The van der Waals surface area contributed by atoms with E-state index in [1.165, 1.54) is 11.0 Å². The molecule has 8 nitrogen and oxygen atoms in total. The second-order valence-electron chi connectivity index (χ2n) is 5.77. The maximum absolute atomic E-state index is 11.7. The number of anilines is 1. The van der Waals surface area contributed by atoms with Crippen LogP contribution in [0.5, 0.6) is 0 Å². The summed E-state index contributed by atoms with van der Waals surface area (Å²) in [6, 6.07) is 11.4. The van der Waals surface area contributed by atoms with Gasteiger partial charge in [0.15, 0.2) is 0 Å². The predicted molar refractivity (Wildman–Crippen MR) is 93.8 cm³/mol. The Bertz CT molecular complexity index is 907. The van der Waals surface area contributed by atoms with Crippen LogP contribution in [0.1, 0.15) is 29.9 Å². The van der Waals surface area contributed by atoms with Gasteiger partial charge in [-0.2, -0.15) is 5.10 Å². The standard InChI is InChI=1S/C17H18N6O2/c1-11-9-12(2)22(21-11)17-15(23(24)25)16(18-10-19-17)20-13(3)14-7-5-4-6-8-14/h4-10,13H,1-3H3,(H,18,19,20). The minimum Gasteiger partial charge on any atom is -0.358 e. The van der Waals surface area contributed by atoms with Gasteiger partial charge in [0.2, 0.25) is 11.6 Å². The average molecular weight is 338 g/mol.